The number of amides is 3. The van der Waals surface area contributed by atoms with E-state index in [2.05, 4.69) is 20.7 Å². The lowest BCUT2D eigenvalue weighted by molar-refractivity contribution is -0.165. The number of nitrogens with zero attached hydrogens (tertiary/aromatic N) is 1. The zero-order valence-electron chi connectivity index (χ0n) is 15.4. The van der Waals surface area contributed by atoms with Gasteiger partial charge in [0.25, 0.3) is 0 Å². The Kier molecular flexibility index (Phi) is 7.87. The Hall–Kier alpha value is -1.85. The van der Waals surface area contributed by atoms with Crippen LogP contribution in [0.25, 0.3) is 0 Å². The second-order valence-corrected chi connectivity index (χ2v) is 7.65. The van der Waals surface area contributed by atoms with E-state index in [1.54, 1.807) is 7.05 Å². The molecule has 0 saturated carbocycles. The van der Waals surface area contributed by atoms with Gasteiger partial charge in [0, 0.05) is 12.7 Å². The lowest BCUT2D eigenvalue weighted by Gasteiger charge is -2.29. The third kappa shape index (κ3) is 5.81. The number of carbonyl (C=O) groups is 4. The lowest BCUT2D eigenvalue weighted by Crippen LogP contribution is -2.56. The molecule has 10 nitrogen and oxygen atoms in total. The summed E-state index contributed by atoms with van der Waals surface area (Å²) < 4.78 is 4.56. The maximum atomic E-state index is 12.9. The smallest absolute Gasteiger partial charge is 0.304 e. The van der Waals surface area contributed by atoms with E-state index in [1.165, 1.54) is 16.7 Å². The van der Waals surface area contributed by atoms with Gasteiger partial charge in [-0.2, -0.15) is 0 Å². The second-order valence-electron chi connectivity index (χ2n) is 6.44. The van der Waals surface area contributed by atoms with Gasteiger partial charge in [0.1, 0.15) is 12.1 Å². The summed E-state index contributed by atoms with van der Waals surface area (Å²) in [6.45, 7) is 1.01. The summed E-state index contributed by atoms with van der Waals surface area (Å²) in [5.41, 5.74) is 0. The molecule has 27 heavy (non-hydrogen) atoms. The lowest BCUT2D eigenvalue weighted by atomic mass is 10.1. The van der Waals surface area contributed by atoms with Gasteiger partial charge in [-0.15, -0.1) is 11.8 Å². The third-order valence-corrected chi connectivity index (χ3v) is 5.67. The summed E-state index contributed by atoms with van der Waals surface area (Å²) >= 11 is 1.53. The van der Waals surface area contributed by atoms with Crippen LogP contribution in [0.5, 0.6) is 0 Å². The number of aliphatic hydroxyl groups excluding tert-OH is 1. The fourth-order valence-corrected chi connectivity index (χ4v) is 4.62. The fraction of sp³-hybridized carbons (Fsp3) is 0.750. The van der Waals surface area contributed by atoms with Crippen molar-refractivity contribution in [3.63, 3.8) is 0 Å². The number of ether oxygens (including phenoxy) is 1. The number of carbonyl (C=O) groups excluding carboxylic acids is 4. The Balaban J connectivity index is 2.00. The molecule has 2 rings (SSSR count). The van der Waals surface area contributed by atoms with Gasteiger partial charge in [0.05, 0.1) is 18.5 Å². The van der Waals surface area contributed by atoms with E-state index >= 15 is 0 Å². The van der Waals surface area contributed by atoms with Crippen molar-refractivity contribution >= 4 is 35.5 Å². The first-order chi connectivity index (χ1) is 12.8. The molecule has 152 valence electrons. The molecule has 4 atom stereocenters. The Morgan fingerprint density at radius 1 is 1.37 bits per heavy atom. The van der Waals surface area contributed by atoms with Crippen molar-refractivity contribution in [2.24, 2.45) is 0 Å². The minimum absolute atomic E-state index is 0.111. The number of likely N-dealkylation sites (N-methyl/N-ethyl adjacent to an activating group) is 1. The standard InChI is InChI=1S/C16H26N4O6S/c1-9(21)26-14(23)7-18-15(24)11-8-27-13-5-3-4-10(16(25)20(11)13)19-12(22)6-17-2/h10-11,13-14,17,23H,3-8H2,1-2H3,(H,18,24)(H,19,22)/t10-,11-,13?,14?/m0/s1. The molecule has 2 aliphatic heterocycles. The highest BCUT2D eigenvalue weighted by atomic mass is 32.2. The molecule has 0 aromatic carbocycles. The van der Waals surface area contributed by atoms with E-state index in [1.807, 2.05) is 0 Å². The molecule has 2 unspecified atom stereocenters. The average Bonchev–Trinajstić information content (AvgIpc) is 2.95. The normalized spacial score (nSPS) is 26.0. The zero-order chi connectivity index (χ0) is 20.0. The van der Waals surface area contributed by atoms with Gasteiger partial charge in [0.2, 0.25) is 24.0 Å². The predicted molar refractivity (Wildman–Crippen MR) is 97.4 cm³/mol. The Bertz CT molecular complexity index is 589. The van der Waals surface area contributed by atoms with E-state index in [0.717, 1.165) is 19.8 Å². The second kappa shape index (κ2) is 9.90. The van der Waals surface area contributed by atoms with Gasteiger partial charge < -0.3 is 30.7 Å². The quantitative estimate of drug-likeness (QED) is 0.288. The molecule has 2 fully saturated rings. The summed E-state index contributed by atoms with van der Waals surface area (Å²) in [5, 5.41) is 17.4. The molecular formula is C16H26N4O6S. The van der Waals surface area contributed by atoms with Crippen molar-refractivity contribution in [3.8, 4) is 0 Å². The number of thioether (sulfide) groups is 1. The highest BCUT2D eigenvalue weighted by Crippen LogP contribution is 2.35. The molecule has 3 amide bonds. The van der Waals surface area contributed by atoms with Crippen molar-refractivity contribution in [2.45, 2.75) is 49.9 Å². The van der Waals surface area contributed by atoms with Crippen LogP contribution < -0.4 is 16.0 Å². The maximum absolute atomic E-state index is 12.9. The molecule has 2 heterocycles. The largest absolute Gasteiger partial charge is 0.434 e. The van der Waals surface area contributed by atoms with Gasteiger partial charge in [-0.3, -0.25) is 19.2 Å². The monoisotopic (exact) mass is 402 g/mol. The van der Waals surface area contributed by atoms with Crippen LogP contribution in [0, 0.1) is 0 Å². The van der Waals surface area contributed by atoms with Crippen LogP contribution in [0.2, 0.25) is 0 Å². The summed E-state index contributed by atoms with van der Waals surface area (Å²) in [5.74, 6) is -1.19. The summed E-state index contributed by atoms with van der Waals surface area (Å²) in [6, 6.07) is -1.35. The molecule has 0 aromatic heterocycles. The topological polar surface area (TPSA) is 137 Å². The number of rotatable bonds is 7. The van der Waals surface area contributed by atoms with Crippen LogP contribution in [0.1, 0.15) is 26.2 Å². The maximum Gasteiger partial charge on any atom is 0.304 e. The molecular weight excluding hydrogens is 376 g/mol. The van der Waals surface area contributed by atoms with Gasteiger partial charge in [-0.25, -0.2) is 0 Å². The molecule has 2 saturated heterocycles. The van der Waals surface area contributed by atoms with Crippen LogP contribution in [0.3, 0.4) is 0 Å². The van der Waals surface area contributed by atoms with E-state index in [-0.39, 0.29) is 30.3 Å². The number of esters is 1. The SMILES string of the molecule is CNCC(=O)N[C@H]1CCCC2SC[C@@H](C(=O)NCC(O)OC(C)=O)N2C1=O. The first-order valence-electron chi connectivity index (χ1n) is 8.84. The molecule has 2 aliphatic rings. The van der Waals surface area contributed by atoms with E-state index < -0.39 is 30.3 Å². The number of fused-ring (bicyclic) bond motifs is 1. The summed E-state index contributed by atoms with van der Waals surface area (Å²) in [7, 11) is 1.65. The highest BCUT2D eigenvalue weighted by Gasteiger charge is 2.45. The molecule has 4 N–H and O–H groups in total. The number of aliphatic hydroxyl groups is 1. The van der Waals surface area contributed by atoms with Crippen LogP contribution in [-0.4, -0.2) is 83.3 Å². The minimum atomic E-state index is -1.44. The highest BCUT2D eigenvalue weighted by molar-refractivity contribution is 8.00. The van der Waals surface area contributed by atoms with Crippen molar-refractivity contribution in [1.29, 1.82) is 0 Å². The van der Waals surface area contributed by atoms with Crippen molar-refractivity contribution in [2.75, 3.05) is 25.9 Å². The molecule has 0 bridgehead atoms. The summed E-state index contributed by atoms with van der Waals surface area (Å²) in [6.07, 6.45) is 0.602. The summed E-state index contributed by atoms with van der Waals surface area (Å²) in [4.78, 5) is 49.6. The van der Waals surface area contributed by atoms with E-state index in [4.69, 9.17) is 0 Å². The fourth-order valence-electron chi connectivity index (χ4n) is 3.16. The van der Waals surface area contributed by atoms with Crippen molar-refractivity contribution in [3.05, 3.63) is 0 Å². The number of hydrogen-bond donors (Lipinski definition) is 4. The van der Waals surface area contributed by atoms with Crippen molar-refractivity contribution in [1.82, 2.24) is 20.9 Å². The van der Waals surface area contributed by atoms with Crippen LogP contribution >= 0.6 is 11.8 Å². The number of nitrogens with one attached hydrogen (secondary N) is 3. The third-order valence-electron chi connectivity index (χ3n) is 4.32. The van der Waals surface area contributed by atoms with Gasteiger partial charge >= 0.3 is 5.97 Å². The minimum Gasteiger partial charge on any atom is -0.434 e. The van der Waals surface area contributed by atoms with E-state index in [9.17, 15) is 24.3 Å². The molecule has 0 aromatic rings. The van der Waals surface area contributed by atoms with Crippen molar-refractivity contribution < 1.29 is 29.0 Å². The Morgan fingerprint density at radius 3 is 2.78 bits per heavy atom. The van der Waals surface area contributed by atoms with E-state index in [0.29, 0.717) is 12.2 Å². The van der Waals surface area contributed by atoms with Crippen LogP contribution in [0.15, 0.2) is 0 Å². The first kappa shape index (κ1) is 21.5. The van der Waals surface area contributed by atoms with Crippen LogP contribution in [-0.2, 0) is 23.9 Å². The molecule has 0 aliphatic carbocycles. The Morgan fingerprint density at radius 2 is 2.11 bits per heavy atom. The average molecular weight is 402 g/mol. The predicted octanol–water partition coefficient (Wildman–Crippen LogP) is -1.86. The van der Waals surface area contributed by atoms with Gasteiger partial charge in [-0.1, -0.05) is 0 Å². The molecule has 0 spiro atoms. The van der Waals surface area contributed by atoms with Crippen LogP contribution in [0.4, 0.5) is 0 Å². The van der Waals surface area contributed by atoms with Gasteiger partial charge in [-0.05, 0) is 26.3 Å². The Labute approximate surface area is 161 Å². The first-order valence-corrected chi connectivity index (χ1v) is 9.89. The van der Waals surface area contributed by atoms with Gasteiger partial charge in [0.15, 0.2) is 0 Å². The zero-order valence-corrected chi connectivity index (χ0v) is 16.2. The molecule has 0 radical (unpaired) electrons. The molecule has 11 heteroatoms. The number of hydrogen-bond acceptors (Lipinski definition) is 8.